The Morgan fingerprint density at radius 3 is 2.89 bits per heavy atom. The Balaban J connectivity index is 2.01. The molecule has 96 valence electrons. The number of H-pyrrole nitrogens is 1. The summed E-state index contributed by atoms with van der Waals surface area (Å²) in [5.74, 6) is 1.05. The topological polar surface area (TPSA) is 68.7 Å². The van der Waals surface area contributed by atoms with Gasteiger partial charge in [0.2, 0.25) is 0 Å². The highest BCUT2D eigenvalue weighted by molar-refractivity contribution is 5.92. The third-order valence-electron chi connectivity index (χ3n) is 4.07. The number of hydrogen-bond acceptors (Lipinski definition) is 2. The standard InChI is InChI=1S/C14H19N3O/c1-9-4-3-5-12(10(9)2)17-14(18)13-7-6-11(8-15)16-13/h6-7,9-10,12,16H,3-5H2,1-2H3,(H,17,18). The fraction of sp³-hybridized carbons (Fsp3) is 0.571. The van der Waals surface area contributed by atoms with Crippen molar-refractivity contribution < 1.29 is 4.79 Å². The Bertz CT molecular complexity index is 472. The number of nitrogens with zero attached hydrogens (tertiary/aromatic N) is 1. The van der Waals surface area contributed by atoms with Crippen molar-refractivity contribution in [3.05, 3.63) is 23.5 Å². The van der Waals surface area contributed by atoms with Gasteiger partial charge in [0.05, 0.1) is 0 Å². The molecule has 3 atom stereocenters. The van der Waals surface area contributed by atoms with E-state index in [9.17, 15) is 4.79 Å². The SMILES string of the molecule is CC1CCCC(NC(=O)c2ccc(C#N)[nH]2)C1C. The molecular weight excluding hydrogens is 226 g/mol. The molecule has 1 heterocycles. The molecule has 0 saturated heterocycles. The van der Waals surface area contributed by atoms with Crippen LogP contribution < -0.4 is 5.32 Å². The first-order valence-electron chi connectivity index (χ1n) is 6.51. The van der Waals surface area contributed by atoms with Gasteiger partial charge in [-0.2, -0.15) is 5.26 Å². The number of nitriles is 1. The number of amides is 1. The van der Waals surface area contributed by atoms with Crippen LogP contribution in [0.2, 0.25) is 0 Å². The number of rotatable bonds is 2. The van der Waals surface area contributed by atoms with Gasteiger partial charge in [0.1, 0.15) is 17.5 Å². The van der Waals surface area contributed by atoms with Crippen molar-refractivity contribution in [1.82, 2.24) is 10.3 Å². The predicted octanol–water partition coefficient (Wildman–Crippen LogP) is 2.44. The fourth-order valence-electron chi connectivity index (χ4n) is 2.62. The molecule has 0 bridgehead atoms. The highest BCUT2D eigenvalue weighted by Crippen LogP contribution is 2.29. The van der Waals surface area contributed by atoms with Gasteiger partial charge in [-0.25, -0.2) is 0 Å². The maximum Gasteiger partial charge on any atom is 0.267 e. The molecule has 4 heteroatoms. The molecule has 3 unspecified atom stereocenters. The smallest absolute Gasteiger partial charge is 0.267 e. The molecule has 1 saturated carbocycles. The van der Waals surface area contributed by atoms with E-state index in [1.165, 1.54) is 12.8 Å². The van der Waals surface area contributed by atoms with Crippen LogP contribution in [-0.2, 0) is 0 Å². The number of hydrogen-bond donors (Lipinski definition) is 2. The lowest BCUT2D eigenvalue weighted by molar-refractivity contribution is 0.0886. The highest BCUT2D eigenvalue weighted by Gasteiger charge is 2.28. The van der Waals surface area contributed by atoms with Gasteiger partial charge in [0.25, 0.3) is 5.91 Å². The highest BCUT2D eigenvalue weighted by atomic mass is 16.1. The van der Waals surface area contributed by atoms with E-state index >= 15 is 0 Å². The molecule has 0 radical (unpaired) electrons. The summed E-state index contributed by atoms with van der Waals surface area (Å²) in [7, 11) is 0. The Labute approximate surface area is 107 Å². The van der Waals surface area contributed by atoms with Crippen LogP contribution in [0.25, 0.3) is 0 Å². The van der Waals surface area contributed by atoms with E-state index in [1.807, 2.05) is 6.07 Å². The summed E-state index contributed by atoms with van der Waals surface area (Å²) in [5.41, 5.74) is 0.891. The Morgan fingerprint density at radius 2 is 2.22 bits per heavy atom. The van der Waals surface area contributed by atoms with E-state index in [2.05, 4.69) is 24.1 Å². The van der Waals surface area contributed by atoms with Crippen LogP contribution in [0.1, 0.15) is 49.3 Å². The number of nitrogens with one attached hydrogen (secondary N) is 2. The van der Waals surface area contributed by atoms with Gasteiger partial charge in [0, 0.05) is 6.04 Å². The summed E-state index contributed by atoms with van der Waals surface area (Å²) in [6.07, 6.45) is 3.46. The van der Waals surface area contributed by atoms with Crippen molar-refractivity contribution in [1.29, 1.82) is 5.26 Å². The summed E-state index contributed by atoms with van der Waals surface area (Å²) in [6.45, 7) is 4.44. The van der Waals surface area contributed by atoms with Crippen LogP contribution in [0.4, 0.5) is 0 Å². The fourth-order valence-corrected chi connectivity index (χ4v) is 2.62. The second-order valence-corrected chi connectivity index (χ2v) is 5.24. The van der Waals surface area contributed by atoms with E-state index < -0.39 is 0 Å². The molecule has 0 spiro atoms. The molecule has 1 aliphatic carbocycles. The molecule has 0 aromatic carbocycles. The lowest BCUT2D eigenvalue weighted by atomic mass is 9.78. The van der Waals surface area contributed by atoms with E-state index in [0.29, 0.717) is 23.2 Å². The second kappa shape index (κ2) is 5.26. The van der Waals surface area contributed by atoms with Gasteiger partial charge in [-0.3, -0.25) is 4.79 Å². The number of carbonyl (C=O) groups excluding carboxylic acids is 1. The van der Waals surface area contributed by atoms with Crippen molar-refractivity contribution in [2.24, 2.45) is 11.8 Å². The molecule has 18 heavy (non-hydrogen) atoms. The zero-order valence-corrected chi connectivity index (χ0v) is 10.9. The normalized spacial score (nSPS) is 27.5. The monoisotopic (exact) mass is 245 g/mol. The first-order valence-corrected chi connectivity index (χ1v) is 6.51. The van der Waals surface area contributed by atoms with Crippen LogP contribution >= 0.6 is 0 Å². The maximum absolute atomic E-state index is 12.0. The minimum absolute atomic E-state index is 0.109. The van der Waals surface area contributed by atoms with Crippen LogP contribution in [-0.4, -0.2) is 16.9 Å². The van der Waals surface area contributed by atoms with Gasteiger partial charge >= 0.3 is 0 Å². The van der Waals surface area contributed by atoms with Crippen molar-refractivity contribution in [2.75, 3.05) is 0 Å². The molecule has 1 aliphatic rings. The molecule has 1 aromatic heterocycles. The number of aromatic amines is 1. The number of aromatic nitrogens is 1. The van der Waals surface area contributed by atoms with E-state index in [4.69, 9.17) is 5.26 Å². The van der Waals surface area contributed by atoms with Gasteiger partial charge in [-0.15, -0.1) is 0 Å². The molecule has 1 fully saturated rings. The summed E-state index contributed by atoms with van der Waals surface area (Å²) in [5, 5.41) is 11.8. The molecule has 0 aliphatic heterocycles. The maximum atomic E-state index is 12.0. The van der Waals surface area contributed by atoms with E-state index in [0.717, 1.165) is 6.42 Å². The van der Waals surface area contributed by atoms with Crippen molar-refractivity contribution >= 4 is 5.91 Å². The lowest BCUT2D eigenvalue weighted by Gasteiger charge is -2.34. The third kappa shape index (κ3) is 2.56. The van der Waals surface area contributed by atoms with Crippen LogP contribution in [0.5, 0.6) is 0 Å². The van der Waals surface area contributed by atoms with Crippen LogP contribution in [0, 0.1) is 23.2 Å². The minimum atomic E-state index is -0.109. The summed E-state index contributed by atoms with van der Waals surface area (Å²) < 4.78 is 0. The quantitative estimate of drug-likeness (QED) is 0.840. The molecule has 1 aromatic rings. The summed E-state index contributed by atoms with van der Waals surface area (Å²) in [6, 6.07) is 5.52. The van der Waals surface area contributed by atoms with Crippen LogP contribution in [0.15, 0.2) is 12.1 Å². The summed E-state index contributed by atoms with van der Waals surface area (Å²) >= 11 is 0. The first kappa shape index (κ1) is 12.7. The zero-order valence-electron chi connectivity index (χ0n) is 10.9. The molecule has 4 nitrogen and oxygen atoms in total. The van der Waals surface area contributed by atoms with Gasteiger partial charge < -0.3 is 10.3 Å². The first-order chi connectivity index (χ1) is 8.61. The minimum Gasteiger partial charge on any atom is -0.348 e. The molecule has 1 amide bonds. The van der Waals surface area contributed by atoms with E-state index in [1.54, 1.807) is 12.1 Å². The largest absolute Gasteiger partial charge is 0.348 e. The van der Waals surface area contributed by atoms with Gasteiger partial charge in [0.15, 0.2) is 0 Å². The molecular formula is C14H19N3O. The van der Waals surface area contributed by atoms with Gasteiger partial charge in [-0.1, -0.05) is 26.7 Å². The molecule has 2 rings (SSSR count). The summed E-state index contributed by atoms with van der Waals surface area (Å²) in [4.78, 5) is 14.8. The van der Waals surface area contributed by atoms with Crippen LogP contribution in [0.3, 0.4) is 0 Å². The van der Waals surface area contributed by atoms with E-state index in [-0.39, 0.29) is 11.9 Å². The second-order valence-electron chi connectivity index (χ2n) is 5.24. The van der Waals surface area contributed by atoms with Gasteiger partial charge in [-0.05, 0) is 30.4 Å². The third-order valence-corrected chi connectivity index (χ3v) is 4.07. The Kier molecular flexibility index (Phi) is 3.71. The zero-order chi connectivity index (χ0) is 13.1. The average molecular weight is 245 g/mol. The molecule has 2 N–H and O–H groups in total. The van der Waals surface area contributed by atoms with Crippen molar-refractivity contribution in [3.8, 4) is 6.07 Å². The predicted molar refractivity (Wildman–Crippen MR) is 68.9 cm³/mol. The lowest BCUT2D eigenvalue weighted by Crippen LogP contribution is -2.43. The van der Waals surface area contributed by atoms with Crippen molar-refractivity contribution in [2.45, 2.75) is 39.2 Å². The Morgan fingerprint density at radius 1 is 1.44 bits per heavy atom. The average Bonchev–Trinajstić information content (AvgIpc) is 2.83. The number of carbonyl (C=O) groups is 1. The Hall–Kier alpha value is -1.76. The van der Waals surface area contributed by atoms with Crippen molar-refractivity contribution in [3.63, 3.8) is 0 Å².